The van der Waals surface area contributed by atoms with Gasteiger partial charge in [0.15, 0.2) is 0 Å². The van der Waals surface area contributed by atoms with E-state index < -0.39 is 0 Å². The summed E-state index contributed by atoms with van der Waals surface area (Å²) < 4.78 is 7.31. The van der Waals surface area contributed by atoms with Crippen molar-refractivity contribution in [2.75, 3.05) is 12.8 Å². The standard InChI is InChI=1S/C15H21N3O/c1-4-13-17-14(15(16)18(13)5-2)12-9-7-6-8-11(12)10-19-3/h6-9H,4-5,10,16H2,1-3H3. The number of anilines is 1. The maximum absolute atomic E-state index is 6.25. The van der Waals surface area contributed by atoms with Crippen LogP contribution in [0.4, 0.5) is 5.82 Å². The molecule has 0 saturated heterocycles. The fraction of sp³-hybridized carbons (Fsp3) is 0.400. The second-order valence-electron chi connectivity index (χ2n) is 4.45. The van der Waals surface area contributed by atoms with Crippen LogP contribution in [0.2, 0.25) is 0 Å². The number of nitrogens with two attached hydrogens (primary N) is 1. The minimum atomic E-state index is 0.566. The molecule has 0 spiro atoms. The Bertz CT molecular complexity index is 561. The van der Waals surface area contributed by atoms with E-state index in [1.165, 1.54) is 0 Å². The fourth-order valence-corrected chi connectivity index (χ4v) is 2.37. The summed E-state index contributed by atoms with van der Waals surface area (Å²) in [6.07, 6.45) is 0.879. The summed E-state index contributed by atoms with van der Waals surface area (Å²) in [5, 5.41) is 0. The first-order valence-corrected chi connectivity index (χ1v) is 6.64. The predicted molar refractivity (Wildman–Crippen MR) is 77.8 cm³/mol. The molecule has 102 valence electrons. The summed E-state index contributed by atoms with van der Waals surface area (Å²) in [5.74, 6) is 1.77. The van der Waals surface area contributed by atoms with Crippen molar-refractivity contribution in [3.05, 3.63) is 35.7 Å². The van der Waals surface area contributed by atoms with Crippen molar-refractivity contribution in [2.45, 2.75) is 33.4 Å². The Kier molecular flexibility index (Phi) is 4.22. The van der Waals surface area contributed by atoms with E-state index in [1.807, 2.05) is 18.2 Å². The van der Waals surface area contributed by atoms with Gasteiger partial charge in [0.2, 0.25) is 0 Å². The molecule has 2 aromatic rings. The number of imidazole rings is 1. The van der Waals surface area contributed by atoms with Gasteiger partial charge in [-0.1, -0.05) is 31.2 Å². The number of methoxy groups -OCH3 is 1. The normalized spacial score (nSPS) is 10.9. The van der Waals surface area contributed by atoms with Gasteiger partial charge in [0, 0.05) is 25.6 Å². The van der Waals surface area contributed by atoms with E-state index in [2.05, 4.69) is 24.5 Å². The summed E-state index contributed by atoms with van der Waals surface area (Å²) in [7, 11) is 1.70. The summed E-state index contributed by atoms with van der Waals surface area (Å²) in [5.41, 5.74) is 9.28. The van der Waals surface area contributed by atoms with Crippen molar-refractivity contribution in [3.63, 3.8) is 0 Å². The van der Waals surface area contributed by atoms with Crippen LogP contribution in [0.1, 0.15) is 25.2 Å². The van der Waals surface area contributed by atoms with E-state index >= 15 is 0 Å². The summed E-state index contributed by atoms with van der Waals surface area (Å²) in [6, 6.07) is 8.11. The van der Waals surface area contributed by atoms with Crippen LogP contribution in [0.25, 0.3) is 11.3 Å². The third kappa shape index (κ3) is 2.49. The van der Waals surface area contributed by atoms with E-state index in [0.29, 0.717) is 6.61 Å². The third-order valence-electron chi connectivity index (χ3n) is 3.29. The first kappa shape index (κ1) is 13.6. The average molecular weight is 259 g/mol. The van der Waals surface area contributed by atoms with Gasteiger partial charge in [0.05, 0.1) is 6.61 Å². The lowest BCUT2D eigenvalue weighted by molar-refractivity contribution is 0.185. The number of aromatic nitrogens is 2. The smallest absolute Gasteiger partial charge is 0.131 e. The van der Waals surface area contributed by atoms with Crippen LogP contribution in [0.15, 0.2) is 24.3 Å². The Labute approximate surface area is 114 Å². The molecule has 2 N–H and O–H groups in total. The van der Waals surface area contributed by atoms with Gasteiger partial charge < -0.3 is 15.0 Å². The topological polar surface area (TPSA) is 53.1 Å². The number of nitrogen functional groups attached to an aromatic ring is 1. The van der Waals surface area contributed by atoms with E-state index in [4.69, 9.17) is 15.5 Å². The Morgan fingerprint density at radius 1 is 1.26 bits per heavy atom. The highest BCUT2D eigenvalue weighted by Crippen LogP contribution is 2.29. The van der Waals surface area contributed by atoms with Crippen LogP contribution in [0, 0.1) is 0 Å². The number of benzene rings is 1. The molecule has 0 aliphatic heterocycles. The summed E-state index contributed by atoms with van der Waals surface area (Å²) in [4.78, 5) is 4.69. The molecule has 19 heavy (non-hydrogen) atoms. The van der Waals surface area contributed by atoms with Crippen LogP contribution in [0.5, 0.6) is 0 Å². The number of rotatable bonds is 5. The average Bonchev–Trinajstić information content (AvgIpc) is 2.76. The van der Waals surface area contributed by atoms with Crippen molar-refractivity contribution in [3.8, 4) is 11.3 Å². The number of hydrogen-bond donors (Lipinski definition) is 1. The summed E-state index contributed by atoms with van der Waals surface area (Å²) >= 11 is 0. The second-order valence-corrected chi connectivity index (χ2v) is 4.45. The molecule has 0 aliphatic carbocycles. The molecule has 4 heteroatoms. The largest absolute Gasteiger partial charge is 0.383 e. The van der Waals surface area contributed by atoms with Gasteiger partial charge in [-0.15, -0.1) is 0 Å². The molecule has 0 bridgehead atoms. The zero-order valence-corrected chi connectivity index (χ0v) is 11.8. The van der Waals surface area contributed by atoms with Crippen molar-refractivity contribution in [2.24, 2.45) is 0 Å². The molecule has 1 aromatic heterocycles. The van der Waals surface area contributed by atoms with Gasteiger partial charge in [0.25, 0.3) is 0 Å². The van der Waals surface area contributed by atoms with Gasteiger partial charge >= 0.3 is 0 Å². The molecular weight excluding hydrogens is 238 g/mol. The lowest BCUT2D eigenvalue weighted by atomic mass is 10.1. The molecule has 0 atom stereocenters. The minimum absolute atomic E-state index is 0.566. The number of hydrogen-bond acceptors (Lipinski definition) is 3. The first-order valence-electron chi connectivity index (χ1n) is 6.64. The summed E-state index contributed by atoms with van der Waals surface area (Å²) in [6.45, 7) is 5.59. The monoisotopic (exact) mass is 259 g/mol. The van der Waals surface area contributed by atoms with Gasteiger partial charge in [-0.3, -0.25) is 0 Å². The van der Waals surface area contributed by atoms with Gasteiger partial charge in [-0.05, 0) is 12.5 Å². The third-order valence-corrected chi connectivity index (χ3v) is 3.29. The molecule has 1 heterocycles. The van der Waals surface area contributed by atoms with Crippen LogP contribution in [-0.2, 0) is 24.3 Å². The van der Waals surface area contributed by atoms with Crippen LogP contribution in [0.3, 0.4) is 0 Å². The van der Waals surface area contributed by atoms with Crippen molar-refractivity contribution >= 4 is 5.82 Å². The lowest BCUT2D eigenvalue weighted by Crippen LogP contribution is -2.04. The molecule has 1 aromatic carbocycles. The quantitative estimate of drug-likeness (QED) is 0.898. The molecule has 0 fully saturated rings. The van der Waals surface area contributed by atoms with Crippen molar-refractivity contribution < 1.29 is 4.74 Å². The Morgan fingerprint density at radius 2 is 2.00 bits per heavy atom. The second kappa shape index (κ2) is 5.89. The molecule has 2 rings (SSSR count). The Hall–Kier alpha value is -1.81. The number of nitrogens with zero attached hydrogens (tertiary/aromatic N) is 2. The van der Waals surface area contributed by atoms with E-state index in [0.717, 1.165) is 41.4 Å². The zero-order chi connectivity index (χ0) is 13.8. The zero-order valence-electron chi connectivity index (χ0n) is 11.8. The van der Waals surface area contributed by atoms with Crippen LogP contribution < -0.4 is 5.73 Å². The molecule has 0 saturated carbocycles. The number of aryl methyl sites for hydroxylation is 1. The first-order chi connectivity index (χ1) is 9.22. The van der Waals surface area contributed by atoms with E-state index in [1.54, 1.807) is 7.11 Å². The van der Waals surface area contributed by atoms with Gasteiger partial charge in [0.1, 0.15) is 17.3 Å². The van der Waals surface area contributed by atoms with Crippen LogP contribution in [-0.4, -0.2) is 16.7 Å². The molecular formula is C15H21N3O. The van der Waals surface area contributed by atoms with Crippen molar-refractivity contribution in [1.82, 2.24) is 9.55 Å². The van der Waals surface area contributed by atoms with Crippen LogP contribution >= 0.6 is 0 Å². The van der Waals surface area contributed by atoms with Gasteiger partial charge in [-0.25, -0.2) is 4.98 Å². The molecule has 0 radical (unpaired) electrons. The molecule has 0 amide bonds. The molecule has 0 aliphatic rings. The highest BCUT2D eigenvalue weighted by molar-refractivity contribution is 5.73. The Morgan fingerprint density at radius 3 is 2.58 bits per heavy atom. The molecule has 0 unspecified atom stereocenters. The Balaban J connectivity index is 2.56. The minimum Gasteiger partial charge on any atom is -0.383 e. The highest BCUT2D eigenvalue weighted by atomic mass is 16.5. The predicted octanol–water partition coefficient (Wildman–Crippen LogP) is 2.86. The maximum atomic E-state index is 6.25. The van der Waals surface area contributed by atoms with E-state index in [-0.39, 0.29) is 0 Å². The number of ether oxygens (including phenoxy) is 1. The van der Waals surface area contributed by atoms with Crippen molar-refractivity contribution in [1.29, 1.82) is 0 Å². The van der Waals surface area contributed by atoms with E-state index in [9.17, 15) is 0 Å². The lowest BCUT2D eigenvalue weighted by Gasteiger charge is -2.08. The molecule has 4 nitrogen and oxygen atoms in total. The van der Waals surface area contributed by atoms with Gasteiger partial charge in [-0.2, -0.15) is 0 Å². The SMILES string of the molecule is CCc1nc(-c2ccccc2COC)c(N)n1CC. The highest BCUT2D eigenvalue weighted by Gasteiger charge is 2.16. The maximum Gasteiger partial charge on any atom is 0.131 e. The fourth-order valence-electron chi connectivity index (χ4n) is 2.37.